The Kier molecular flexibility index (Phi) is 7.81. The van der Waals surface area contributed by atoms with Crippen LogP contribution in [0.2, 0.25) is 0 Å². The molecule has 1 heterocycles. The van der Waals surface area contributed by atoms with Crippen LogP contribution in [0.4, 0.5) is 4.79 Å². The van der Waals surface area contributed by atoms with Crippen molar-refractivity contribution in [2.45, 2.75) is 46.3 Å². The number of pyridine rings is 1. The minimum absolute atomic E-state index is 0.255. The highest BCUT2D eigenvalue weighted by molar-refractivity contribution is 5.68. The van der Waals surface area contributed by atoms with E-state index in [1.165, 1.54) is 0 Å². The van der Waals surface area contributed by atoms with E-state index >= 15 is 0 Å². The minimum Gasteiger partial charge on any atom is -0.481 e. The summed E-state index contributed by atoms with van der Waals surface area (Å²) in [5, 5.41) is 3.32. The molecule has 0 aliphatic heterocycles. The molecule has 1 N–H and O–H groups in total. The maximum absolute atomic E-state index is 12.0. The second-order valence-electron chi connectivity index (χ2n) is 6.26. The van der Waals surface area contributed by atoms with Crippen molar-refractivity contribution in [3.8, 4) is 5.88 Å². The number of carbonyl (C=O) groups is 1. The molecule has 0 aromatic carbocycles. The highest BCUT2D eigenvalue weighted by atomic mass is 16.6. The molecular weight excluding hydrogens is 294 g/mol. The second-order valence-corrected chi connectivity index (χ2v) is 6.26. The lowest BCUT2D eigenvalue weighted by Crippen LogP contribution is -2.38. The third-order valence-electron chi connectivity index (χ3n) is 3.11. The van der Waals surface area contributed by atoms with Crippen LogP contribution in [-0.2, 0) is 11.3 Å². The fraction of sp³-hybridized carbons (Fsp3) is 0.647. The molecule has 0 unspecified atom stereocenters. The van der Waals surface area contributed by atoms with E-state index in [4.69, 9.17) is 9.47 Å². The fourth-order valence-electron chi connectivity index (χ4n) is 1.99. The monoisotopic (exact) mass is 323 g/mol. The SMILES string of the molecule is CCN(CCCNCc1cccc(OC)n1)C(=O)OC(C)(C)C. The number of amides is 1. The van der Waals surface area contributed by atoms with Crippen molar-refractivity contribution in [3.63, 3.8) is 0 Å². The molecule has 0 saturated carbocycles. The molecule has 130 valence electrons. The maximum Gasteiger partial charge on any atom is 0.410 e. The number of ether oxygens (including phenoxy) is 2. The Bertz CT molecular complexity index is 486. The number of hydrogen-bond acceptors (Lipinski definition) is 5. The normalized spacial score (nSPS) is 11.2. The van der Waals surface area contributed by atoms with Gasteiger partial charge in [-0.15, -0.1) is 0 Å². The van der Waals surface area contributed by atoms with Gasteiger partial charge in [-0.05, 0) is 46.7 Å². The number of carbonyl (C=O) groups excluding carboxylic acids is 1. The van der Waals surface area contributed by atoms with Gasteiger partial charge in [-0.1, -0.05) is 6.07 Å². The van der Waals surface area contributed by atoms with Crippen molar-refractivity contribution in [1.82, 2.24) is 15.2 Å². The molecule has 0 spiro atoms. The van der Waals surface area contributed by atoms with Gasteiger partial charge >= 0.3 is 6.09 Å². The first kappa shape index (κ1) is 19.2. The summed E-state index contributed by atoms with van der Waals surface area (Å²) < 4.78 is 10.5. The van der Waals surface area contributed by atoms with Gasteiger partial charge in [0.25, 0.3) is 0 Å². The van der Waals surface area contributed by atoms with Crippen molar-refractivity contribution in [3.05, 3.63) is 23.9 Å². The van der Waals surface area contributed by atoms with Gasteiger partial charge in [0.15, 0.2) is 0 Å². The number of nitrogens with one attached hydrogen (secondary N) is 1. The molecule has 0 bridgehead atoms. The van der Waals surface area contributed by atoms with Gasteiger partial charge in [-0.25, -0.2) is 9.78 Å². The molecular formula is C17H29N3O3. The van der Waals surface area contributed by atoms with Gasteiger partial charge in [0.05, 0.1) is 12.8 Å². The number of methoxy groups -OCH3 is 1. The first-order valence-electron chi connectivity index (χ1n) is 8.04. The number of aromatic nitrogens is 1. The smallest absolute Gasteiger partial charge is 0.410 e. The Balaban J connectivity index is 2.28. The topological polar surface area (TPSA) is 63.7 Å². The van der Waals surface area contributed by atoms with E-state index in [0.717, 1.165) is 18.7 Å². The van der Waals surface area contributed by atoms with Crippen LogP contribution in [0.5, 0.6) is 5.88 Å². The first-order chi connectivity index (χ1) is 10.9. The molecule has 0 atom stereocenters. The minimum atomic E-state index is -0.458. The van der Waals surface area contributed by atoms with Crippen molar-refractivity contribution in [2.75, 3.05) is 26.7 Å². The molecule has 1 amide bonds. The standard InChI is InChI=1S/C17H29N3O3/c1-6-20(16(21)23-17(2,3)4)12-8-11-18-13-14-9-7-10-15(19-14)22-5/h7,9-10,18H,6,8,11-13H2,1-5H3. The van der Waals surface area contributed by atoms with Crippen molar-refractivity contribution >= 4 is 6.09 Å². The highest BCUT2D eigenvalue weighted by Gasteiger charge is 2.20. The van der Waals surface area contributed by atoms with E-state index < -0.39 is 5.60 Å². The molecule has 6 heteroatoms. The van der Waals surface area contributed by atoms with E-state index in [0.29, 0.717) is 25.5 Å². The molecule has 0 aliphatic rings. The third-order valence-corrected chi connectivity index (χ3v) is 3.11. The third kappa shape index (κ3) is 7.83. The summed E-state index contributed by atoms with van der Waals surface area (Å²) in [6.45, 7) is 10.4. The lowest BCUT2D eigenvalue weighted by Gasteiger charge is -2.26. The van der Waals surface area contributed by atoms with Gasteiger partial charge in [-0.3, -0.25) is 0 Å². The van der Waals surface area contributed by atoms with Gasteiger partial charge in [0.2, 0.25) is 5.88 Å². The number of nitrogens with zero attached hydrogens (tertiary/aromatic N) is 2. The van der Waals surface area contributed by atoms with Crippen molar-refractivity contribution < 1.29 is 14.3 Å². The lowest BCUT2D eigenvalue weighted by molar-refractivity contribution is 0.0258. The predicted octanol–water partition coefficient (Wildman–Crippen LogP) is 2.83. The van der Waals surface area contributed by atoms with E-state index in [-0.39, 0.29) is 6.09 Å². The van der Waals surface area contributed by atoms with Crippen LogP contribution in [0, 0.1) is 0 Å². The van der Waals surface area contributed by atoms with Crippen molar-refractivity contribution in [1.29, 1.82) is 0 Å². The fourth-order valence-corrected chi connectivity index (χ4v) is 1.99. The molecule has 0 radical (unpaired) electrons. The average Bonchev–Trinajstić information content (AvgIpc) is 2.49. The summed E-state index contributed by atoms with van der Waals surface area (Å²) in [6.07, 6.45) is 0.603. The second kappa shape index (κ2) is 9.35. The molecule has 1 aromatic rings. The summed E-state index contributed by atoms with van der Waals surface area (Å²) in [5.41, 5.74) is 0.477. The number of hydrogen-bond donors (Lipinski definition) is 1. The average molecular weight is 323 g/mol. The zero-order valence-electron chi connectivity index (χ0n) is 14.9. The Morgan fingerprint density at radius 1 is 1.35 bits per heavy atom. The van der Waals surface area contributed by atoms with Gasteiger partial charge in [-0.2, -0.15) is 0 Å². The van der Waals surface area contributed by atoms with E-state index in [1.54, 1.807) is 12.0 Å². The first-order valence-corrected chi connectivity index (χ1v) is 8.04. The summed E-state index contributed by atoms with van der Waals surface area (Å²) in [5.74, 6) is 0.617. The summed E-state index contributed by atoms with van der Waals surface area (Å²) in [7, 11) is 1.61. The Labute approximate surface area is 139 Å². The summed E-state index contributed by atoms with van der Waals surface area (Å²) in [4.78, 5) is 18.1. The van der Waals surface area contributed by atoms with Crippen LogP contribution >= 0.6 is 0 Å². The zero-order valence-corrected chi connectivity index (χ0v) is 14.9. The van der Waals surface area contributed by atoms with Crippen LogP contribution in [0.1, 0.15) is 39.8 Å². The Hall–Kier alpha value is -1.82. The van der Waals surface area contributed by atoms with E-state index in [2.05, 4.69) is 10.3 Å². The van der Waals surface area contributed by atoms with Gasteiger partial charge in [0.1, 0.15) is 5.60 Å². The van der Waals surface area contributed by atoms with Gasteiger partial charge in [0, 0.05) is 25.7 Å². The molecule has 0 fully saturated rings. The van der Waals surface area contributed by atoms with E-state index in [9.17, 15) is 4.79 Å². The zero-order chi connectivity index (χ0) is 17.3. The van der Waals surface area contributed by atoms with Gasteiger partial charge < -0.3 is 19.7 Å². The Morgan fingerprint density at radius 2 is 2.09 bits per heavy atom. The lowest BCUT2D eigenvalue weighted by atomic mass is 10.2. The van der Waals surface area contributed by atoms with Crippen LogP contribution in [-0.4, -0.2) is 48.3 Å². The summed E-state index contributed by atoms with van der Waals surface area (Å²) in [6, 6.07) is 5.70. The molecule has 0 saturated heterocycles. The molecule has 0 aliphatic carbocycles. The quantitative estimate of drug-likeness (QED) is 0.745. The van der Waals surface area contributed by atoms with E-state index in [1.807, 2.05) is 45.9 Å². The van der Waals surface area contributed by atoms with Crippen LogP contribution < -0.4 is 10.1 Å². The molecule has 1 rings (SSSR count). The maximum atomic E-state index is 12.0. The van der Waals surface area contributed by atoms with Crippen molar-refractivity contribution in [2.24, 2.45) is 0 Å². The predicted molar refractivity (Wildman–Crippen MR) is 90.6 cm³/mol. The van der Waals surface area contributed by atoms with Crippen LogP contribution in [0.25, 0.3) is 0 Å². The van der Waals surface area contributed by atoms with Crippen LogP contribution in [0.3, 0.4) is 0 Å². The summed E-state index contributed by atoms with van der Waals surface area (Å²) >= 11 is 0. The molecule has 23 heavy (non-hydrogen) atoms. The van der Waals surface area contributed by atoms with Crippen LogP contribution in [0.15, 0.2) is 18.2 Å². The number of rotatable bonds is 8. The highest BCUT2D eigenvalue weighted by Crippen LogP contribution is 2.10. The molecule has 1 aromatic heterocycles. The molecule has 6 nitrogen and oxygen atoms in total. The largest absolute Gasteiger partial charge is 0.481 e. The Morgan fingerprint density at radius 3 is 2.70 bits per heavy atom.